The molecule has 0 saturated heterocycles. The summed E-state index contributed by atoms with van der Waals surface area (Å²) in [6, 6.07) is 5.68. The number of unbranched alkanes of at least 4 members (excludes halogenated alkanes) is 2. The predicted molar refractivity (Wildman–Crippen MR) is 93.6 cm³/mol. The average Bonchev–Trinajstić information content (AvgIpc) is 2.53. The van der Waals surface area contributed by atoms with E-state index in [-0.39, 0.29) is 6.09 Å². The van der Waals surface area contributed by atoms with E-state index in [9.17, 15) is 4.79 Å². The van der Waals surface area contributed by atoms with Crippen molar-refractivity contribution in [2.45, 2.75) is 44.9 Å². The van der Waals surface area contributed by atoms with E-state index in [1.54, 1.807) is 16.7 Å². The van der Waals surface area contributed by atoms with Gasteiger partial charge < -0.3 is 9.64 Å². The molecule has 1 aromatic rings. The second-order valence-corrected chi connectivity index (χ2v) is 5.60. The summed E-state index contributed by atoms with van der Waals surface area (Å²) in [5.74, 6) is 6.97. The van der Waals surface area contributed by atoms with Gasteiger partial charge in [0.25, 0.3) is 0 Å². The lowest BCUT2D eigenvalue weighted by atomic mass is 10.2. The molecule has 0 heterocycles. The summed E-state index contributed by atoms with van der Waals surface area (Å²) in [6.07, 6.45) is 4.82. The Labute approximate surface area is 138 Å². The molecule has 0 saturated carbocycles. The van der Waals surface area contributed by atoms with Crippen molar-refractivity contribution in [3.63, 3.8) is 0 Å². The van der Waals surface area contributed by atoms with Crippen molar-refractivity contribution in [1.82, 2.24) is 4.90 Å². The molecule has 0 aliphatic heterocycles. The summed E-state index contributed by atoms with van der Waals surface area (Å²) in [5.41, 5.74) is 0.924. The zero-order chi connectivity index (χ0) is 16.4. The van der Waals surface area contributed by atoms with Crippen LogP contribution in [0.15, 0.2) is 23.1 Å². The Hall–Kier alpha value is -1.60. The van der Waals surface area contributed by atoms with Crippen LogP contribution in [0.4, 0.5) is 4.79 Å². The van der Waals surface area contributed by atoms with Crippen LogP contribution in [0, 0.1) is 11.8 Å². The lowest BCUT2D eigenvalue weighted by Gasteiger charge is -2.19. The number of ether oxygens (including phenoxy) is 1. The van der Waals surface area contributed by atoms with Gasteiger partial charge in [-0.15, -0.1) is 11.8 Å². The minimum absolute atomic E-state index is 0.309. The van der Waals surface area contributed by atoms with Crippen LogP contribution in [0.1, 0.15) is 45.6 Å². The number of carbonyl (C=O) groups is 1. The Morgan fingerprint density at radius 2 is 2.00 bits per heavy atom. The molecule has 0 bridgehead atoms. The summed E-state index contributed by atoms with van der Waals surface area (Å²) in [5, 5.41) is 0. The molecule has 0 atom stereocenters. The Bertz CT molecular complexity index is 542. The van der Waals surface area contributed by atoms with Crippen LogP contribution >= 0.6 is 11.8 Å². The van der Waals surface area contributed by atoms with Gasteiger partial charge in [0.1, 0.15) is 5.75 Å². The van der Waals surface area contributed by atoms with Gasteiger partial charge in [-0.1, -0.05) is 31.3 Å². The first-order valence-electron chi connectivity index (χ1n) is 7.80. The number of nitrogens with zero attached hydrogens (tertiary/aromatic N) is 1. The van der Waals surface area contributed by atoms with Crippen LogP contribution in [0.5, 0.6) is 5.75 Å². The molecule has 0 aliphatic carbocycles. The molecule has 4 heteroatoms. The highest BCUT2D eigenvalue weighted by Crippen LogP contribution is 2.31. The lowest BCUT2D eigenvalue weighted by Crippen LogP contribution is -2.33. The summed E-state index contributed by atoms with van der Waals surface area (Å²) in [4.78, 5) is 14.7. The van der Waals surface area contributed by atoms with Crippen LogP contribution in [0.25, 0.3) is 0 Å². The number of hydrogen-bond donors (Lipinski definition) is 0. The summed E-state index contributed by atoms with van der Waals surface area (Å²) in [7, 11) is 0. The van der Waals surface area contributed by atoms with Crippen molar-refractivity contribution in [2.24, 2.45) is 0 Å². The van der Waals surface area contributed by atoms with E-state index in [2.05, 4.69) is 18.8 Å². The first-order chi connectivity index (χ1) is 10.7. The van der Waals surface area contributed by atoms with Crippen molar-refractivity contribution >= 4 is 17.9 Å². The molecule has 0 aliphatic rings. The van der Waals surface area contributed by atoms with Crippen LogP contribution in [0.3, 0.4) is 0 Å². The molecule has 1 amide bonds. The summed E-state index contributed by atoms with van der Waals surface area (Å²) >= 11 is 1.56. The smallest absolute Gasteiger partial charge is 0.409 e. The maximum atomic E-state index is 12.1. The van der Waals surface area contributed by atoms with Crippen molar-refractivity contribution in [1.29, 1.82) is 0 Å². The summed E-state index contributed by atoms with van der Waals surface area (Å²) < 4.78 is 5.55. The normalized spacial score (nSPS) is 9.82. The van der Waals surface area contributed by atoms with E-state index < -0.39 is 0 Å². The first kappa shape index (κ1) is 18.4. The van der Waals surface area contributed by atoms with Crippen molar-refractivity contribution in [3.8, 4) is 17.6 Å². The van der Waals surface area contributed by atoms with E-state index in [0.717, 1.165) is 29.7 Å². The van der Waals surface area contributed by atoms with Crippen molar-refractivity contribution in [2.75, 3.05) is 19.3 Å². The minimum Gasteiger partial charge on any atom is -0.409 e. The molecule has 22 heavy (non-hydrogen) atoms. The van der Waals surface area contributed by atoms with Crippen LogP contribution in [-0.2, 0) is 0 Å². The maximum absolute atomic E-state index is 12.1. The van der Waals surface area contributed by atoms with E-state index in [1.165, 1.54) is 0 Å². The molecule has 0 fully saturated rings. The molecule has 0 aromatic heterocycles. The fraction of sp³-hybridized carbons (Fsp3) is 0.500. The van der Waals surface area contributed by atoms with Crippen molar-refractivity contribution in [3.05, 3.63) is 23.8 Å². The van der Waals surface area contributed by atoms with Crippen LogP contribution in [-0.4, -0.2) is 30.3 Å². The highest BCUT2D eigenvalue weighted by atomic mass is 32.2. The Morgan fingerprint density at radius 1 is 1.27 bits per heavy atom. The molecule has 0 radical (unpaired) electrons. The molecule has 1 rings (SSSR count). The van der Waals surface area contributed by atoms with Gasteiger partial charge in [-0.25, -0.2) is 4.79 Å². The van der Waals surface area contributed by atoms with Crippen LogP contribution < -0.4 is 4.74 Å². The fourth-order valence-corrected chi connectivity index (χ4v) is 2.62. The SMILES string of the molecule is CCCCC#Cc1cccc(OC(=O)N(CC)CC)c1SC. The van der Waals surface area contributed by atoms with Gasteiger partial charge in [0, 0.05) is 25.1 Å². The zero-order valence-electron chi connectivity index (χ0n) is 13.9. The number of thioether (sulfide) groups is 1. The fourth-order valence-electron chi connectivity index (χ4n) is 1.97. The Kier molecular flexibility index (Phi) is 8.54. The van der Waals surface area contributed by atoms with Crippen molar-refractivity contribution < 1.29 is 9.53 Å². The van der Waals surface area contributed by atoms with Gasteiger partial charge >= 0.3 is 6.09 Å². The van der Waals surface area contributed by atoms with Gasteiger partial charge in [0.15, 0.2) is 0 Å². The van der Waals surface area contributed by atoms with E-state index in [0.29, 0.717) is 18.8 Å². The maximum Gasteiger partial charge on any atom is 0.415 e. The van der Waals surface area contributed by atoms with E-state index in [1.807, 2.05) is 38.3 Å². The van der Waals surface area contributed by atoms with Crippen LogP contribution in [0.2, 0.25) is 0 Å². The minimum atomic E-state index is -0.309. The number of carbonyl (C=O) groups excluding carboxylic acids is 1. The zero-order valence-corrected chi connectivity index (χ0v) is 14.8. The monoisotopic (exact) mass is 319 g/mol. The average molecular weight is 319 g/mol. The first-order valence-corrected chi connectivity index (χ1v) is 9.02. The van der Waals surface area contributed by atoms with Gasteiger partial charge in [0.2, 0.25) is 0 Å². The van der Waals surface area contributed by atoms with Gasteiger partial charge in [-0.2, -0.15) is 0 Å². The highest BCUT2D eigenvalue weighted by molar-refractivity contribution is 7.98. The molecular formula is C18H25NO2S. The number of hydrogen-bond acceptors (Lipinski definition) is 3. The molecule has 3 nitrogen and oxygen atoms in total. The lowest BCUT2D eigenvalue weighted by molar-refractivity contribution is 0.156. The van der Waals surface area contributed by atoms with Gasteiger partial charge in [0.05, 0.1) is 4.90 Å². The van der Waals surface area contributed by atoms with Gasteiger partial charge in [-0.3, -0.25) is 0 Å². The standard InChI is InChI=1S/C18H25NO2S/c1-5-8-9-10-12-15-13-11-14-16(17(15)22-4)21-18(20)19(6-2)7-3/h11,13-14H,5-9H2,1-4H3. The second kappa shape index (κ2) is 10.2. The second-order valence-electron chi connectivity index (χ2n) is 4.78. The van der Waals surface area contributed by atoms with E-state index in [4.69, 9.17) is 4.74 Å². The topological polar surface area (TPSA) is 29.5 Å². The highest BCUT2D eigenvalue weighted by Gasteiger charge is 2.15. The number of benzene rings is 1. The molecule has 0 unspecified atom stereocenters. The quantitative estimate of drug-likeness (QED) is 0.429. The predicted octanol–water partition coefficient (Wildman–Crippen LogP) is 4.79. The molecule has 1 aromatic carbocycles. The third-order valence-corrected chi connectivity index (χ3v) is 4.11. The Balaban J connectivity index is 2.95. The molecular weight excluding hydrogens is 294 g/mol. The Morgan fingerprint density at radius 3 is 2.59 bits per heavy atom. The molecule has 0 spiro atoms. The molecule has 120 valence electrons. The number of amides is 1. The third kappa shape index (κ3) is 5.31. The van der Waals surface area contributed by atoms with Gasteiger partial charge in [-0.05, 0) is 38.7 Å². The number of rotatable bonds is 6. The summed E-state index contributed by atoms with van der Waals surface area (Å²) in [6.45, 7) is 7.31. The third-order valence-electron chi connectivity index (χ3n) is 3.28. The molecule has 0 N–H and O–H groups in total. The largest absolute Gasteiger partial charge is 0.415 e. The van der Waals surface area contributed by atoms with E-state index >= 15 is 0 Å².